The average Bonchev–Trinajstić information content (AvgIpc) is 2.34. The van der Waals surface area contributed by atoms with E-state index in [1.165, 1.54) is 19.1 Å². The molecule has 1 unspecified atom stereocenters. The van der Waals surface area contributed by atoms with Crippen LogP contribution >= 0.6 is 0 Å². The van der Waals surface area contributed by atoms with E-state index < -0.39 is 22.1 Å². The fourth-order valence-corrected chi connectivity index (χ4v) is 2.30. The minimum atomic E-state index is -3.57. The summed E-state index contributed by atoms with van der Waals surface area (Å²) in [6.07, 6.45) is -0.955. The van der Waals surface area contributed by atoms with Crippen molar-refractivity contribution >= 4 is 16.0 Å². The van der Waals surface area contributed by atoms with Gasteiger partial charge in [-0.05, 0) is 26.0 Å². The van der Waals surface area contributed by atoms with Gasteiger partial charge in [0.2, 0.25) is 10.0 Å². The third-order valence-electron chi connectivity index (χ3n) is 2.44. The first-order valence-corrected chi connectivity index (χ1v) is 7.22. The molecule has 106 valence electrons. The highest BCUT2D eigenvalue weighted by Crippen LogP contribution is 2.09. The van der Waals surface area contributed by atoms with Gasteiger partial charge in [0.05, 0.1) is 11.5 Å². The van der Waals surface area contributed by atoms with Crippen LogP contribution in [-0.4, -0.2) is 38.7 Å². The van der Waals surface area contributed by atoms with E-state index in [-0.39, 0.29) is 18.0 Å². The minimum Gasteiger partial charge on any atom is -0.479 e. The van der Waals surface area contributed by atoms with Crippen LogP contribution in [0, 0.1) is 6.92 Å². The van der Waals surface area contributed by atoms with Crippen molar-refractivity contribution in [3.8, 4) is 0 Å². The van der Waals surface area contributed by atoms with Crippen molar-refractivity contribution in [3.05, 3.63) is 29.8 Å². The van der Waals surface area contributed by atoms with Gasteiger partial charge in [0.15, 0.2) is 6.10 Å². The quantitative estimate of drug-likeness (QED) is 0.722. The van der Waals surface area contributed by atoms with Gasteiger partial charge in [0.1, 0.15) is 0 Å². The Morgan fingerprint density at radius 3 is 2.47 bits per heavy atom. The number of carbonyl (C=O) groups is 1. The van der Waals surface area contributed by atoms with E-state index in [4.69, 9.17) is 9.84 Å². The van der Waals surface area contributed by atoms with E-state index in [0.29, 0.717) is 0 Å². The molecule has 19 heavy (non-hydrogen) atoms. The first kappa shape index (κ1) is 15.6. The van der Waals surface area contributed by atoms with Crippen LogP contribution in [0.4, 0.5) is 0 Å². The Labute approximate surface area is 112 Å². The lowest BCUT2D eigenvalue weighted by Gasteiger charge is -2.10. The SMILES string of the molecule is Cc1ccc(S(=O)(=O)NCCOC(C)C(=O)O)cc1. The maximum atomic E-state index is 11.8. The number of hydrogen-bond donors (Lipinski definition) is 2. The van der Waals surface area contributed by atoms with E-state index in [0.717, 1.165) is 5.56 Å². The molecule has 0 amide bonds. The third kappa shape index (κ3) is 4.98. The summed E-state index contributed by atoms with van der Waals surface area (Å²) >= 11 is 0. The van der Waals surface area contributed by atoms with Crippen LogP contribution in [-0.2, 0) is 19.6 Å². The Kier molecular flexibility index (Phi) is 5.46. The molecule has 0 saturated heterocycles. The molecule has 6 nitrogen and oxygen atoms in total. The molecule has 0 spiro atoms. The van der Waals surface area contributed by atoms with Crippen molar-refractivity contribution in [2.45, 2.75) is 24.8 Å². The molecule has 1 aromatic carbocycles. The van der Waals surface area contributed by atoms with Crippen molar-refractivity contribution < 1.29 is 23.1 Å². The topological polar surface area (TPSA) is 92.7 Å². The summed E-state index contributed by atoms with van der Waals surface area (Å²) in [5.41, 5.74) is 0.970. The Bertz CT molecular complexity index is 524. The van der Waals surface area contributed by atoms with E-state index in [2.05, 4.69) is 4.72 Å². The van der Waals surface area contributed by atoms with E-state index in [9.17, 15) is 13.2 Å². The van der Waals surface area contributed by atoms with E-state index >= 15 is 0 Å². The molecule has 0 radical (unpaired) electrons. The molecule has 1 aromatic rings. The van der Waals surface area contributed by atoms with Gasteiger partial charge in [0, 0.05) is 6.54 Å². The standard InChI is InChI=1S/C12H17NO5S/c1-9-3-5-11(6-4-9)19(16,17)13-7-8-18-10(2)12(14)15/h3-6,10,13H,7-8H2,1-2H3,(H,14,15). The van der Waals surface area contributed by atoms with Crippen LogP contribution in [0.1, 0.15) is 12.5 Å². The van der Waals surface area contributed by atoms with Crippen molar-refractivity contribution in [1.82, 2.24) is 4.72 Å². The number of hydrogen-bond acceptors (Lipinski definition) is 4. The molecular weight excluding hydrogens is 270 g/mol. The molecule has 0 aromatic heterocycles. The highest BCUT2D eigenvalue weighted by molar-refractivity contribution is 7.89. The highest BCUT2D eigenvalue weighted by Gasteiger charge is 2.14. The van der Waals surface area contributed by atoms with Crippen molar-refractivity contribution in [2.75, 3.05) is 13.2 Å². The molecule has 2 N–H and O–H groups in total. The maximum Gasteiger partial charge on any atom is 0.332 e. The zero-order chi connectivity index (χ0) is 14.5. The van der Waals surface area contributed by atoms with Crippen molar-refractivity contribution in [1.29, 1.82) is 0 Å². The van der Waals surface area contributed by atoms with Gasteiger partial charge < -0.3 is 9.84 Å². The second kappa shape index (κ2) is 6.65. The zero-order valence-corrected chi connectivity index (χ0v) is 11.6. The Morgan fingerprint density at radius 1 is 1.37 bits per heavy atom. The van der Waals surface area contributed by atoms with Gasteiger partial charge in [-0.25, -0.2) is 17.9 Å². The lowest BCUT2D eigenvalue weighted by molar-refractivity contribution is -0.148. The average molecular weight is 287 g/mol. The fraction of sp³-hybridized carbons (Fsp3) is 0.417. The largest absolute Gasteiger partial charge is 0.479 e. The van der Waals surface area contributed by atoms with Crippen LogP contribution in [0.5, 0.6) is 0 Å². The van der Waals surface area contributed by atoms with Crippen LogP contribution in [0.2, 0.25) is 0 Å². The number of carboxylic acids is 1. The van der Waals surface area contributed by atoms with Gasteiger partial charge in [-0.3, -0.25) is 0 Å². The summed E-state index contributed by atoms with van der Waals surface area (Å²) in [7, 11) is -3.57. The van der Waals surface area contributed by atoms with Crippen molar-refractivity contribution in [2.24, 2.45) is 0 Å². The third-order valence-corrected chi connectivity index (χ3v) is 3.92. The van der Waals surface area contributed by atoms with Crippen LogP contribution < -0.4 is 4.72 Å². The van der Waals surface area contributed by atoms with Gasteiger partial charge in [-0.15, -0.1) is 0 Å². The summed E-state index contributed by atoms with van der Waals surface area (Å²) in [6, 6.07) is 6.44. The smallest absolute Gasteiger partial charge is 0.332 e. The number of aryl methyl sites for hydroxylation is 1. The zero-order valence-electron chi connectivity index (χ0n) is 10.8. The second-order valence-electron chi connectivity index (χ2n) is 4.06. The first-order chi connectivity index (χ1) is 8.83. The van der Waals surface area contributed by atoms with E-state index in [1.54, 1.807) is 12.1 Å². The Hall–Kier alpha value is -1.44. The summed E-state index contributed by atoms with van der Waals surface area (Å²) in [6.45, 7) is 3.27. The molecule has 0 bridgehead atoms. The molecule has 0 aliphatic rings. The summed E-state index contributed by atoms with van der Waals surface area (Å²) in [5.74, 6) is -1.08. The van der Waals surface area contributed by atoms with Crippen LogP contribution in [0.25, 0.3) is 0 Å². The Balaban J connectivity index is 2.48. The van der Waals surface area contributed by atoms with Crippen LogP contribution in [0.15, 0.2) is 29.2 Å². The van der Waals surface area contributed by atoms with Crippen molar-refractivity contribution in [3.63, 3.8) is 0 Å². The predicted octanol–water partition coefficient (Wildman–Crippen LogP) is 0.763. The van der Waals surface area contributed by atoms with Gasteiger partial charge in [-0.1, -0.05) is 17.7 Å². The molecule has 0 heterocycles. The molecule has 0 aliphatic carbocycles. The second-order valence-corrected chi connectivity index (χ2v) is 5.83. The number of benzene rings is 1. The predicted molar refractivity (Wildman–Crippen MR) is 69.4 cm³/mol. The van der Waals surface area contributed by atoms with Crippen LogP contribution in [0.3, 0.4) is 0 Å². The van der Waals surface area contributed by atoms with Gasteiger partial charge >= 0.3 is 5.97 Å². The molecule has 1 atom stereocenters. The molecule has 7 heteroatoms. The molecule has 1 rings (SSSR count). The number of rotatable bonds is 7. The lowest BCUT2D eigenvalue weighted by atomic mass is 10.2. The molecule has 0 saturated carbocycles. The minimum absolute atomic E-state index is 0.00143. The number of ether oxygens (including phenoxy) is 1. The number of sulfonamides is 1. The Morgan fingerprint density at radius 2 is 1.95 bits per heavy atom. The maximum absolute atomic E-state index is 11.8. The van der Waals surface area contributed by atoms with Gasteiger partial charge in [0.25, 0.3) is 0 Å². The summed E-state index contributed by atoms with van der Waals surface area (Å²) in [4.78, 5) is 10.7. The normalized spacial score (nSPS) is 13.2. The fourth-order valence-electron chi connectivity index (χ4n) is 1.28. The monoisotopic (exact) mass is 287 g/mol. The lowest BCUT2D eigenvalue weighted by Crippen LogP contribution is -2.30. The van der Waals surface area contributed by atoms with Gasteiger partial charge in [-0.2, -0.15) is 0 Å². The highest BCUT2D eigenvalue weighted by atomic mass is 32.2. The summed E-state index contributed by atoms with van der Waals surface area (Å²) < 4.78 is 30.9. The molecule has 0 aliphatic heterocycles. The molecule has 0 fully saturated rings. The first-order valence-electron chi connectivity index (χ1n) is 5.73. The van der Waals surface area contributed by atoms with E-state index in [1.807, 2.05) is 6.92 Å². The number of nitrogens with one attached hydrogen (secondary N) is 1. The summed E-state index contributed by atoms with van der Waals surface area (Å²) in [5, 5.41) is 8.58. The molecular formula is C12H17NO5S. The number of carboxylic acid groups (broad SMARTS) is 1. The number of aliphatic carboxylic acids is 1.